The van der Waals surface area contributed by atoms with Gasteiger partial charge in [-0.25, -0.2) is 14.8 Å². The molecule has 0 atom stereocenters. The van der Waals surface area contributed by atoms with E-state index in [0.29, 0.717) is 22.2 Å². The highest BCUT2D eigenvalue weighted by atomic mass is 79.9. The molecule has 6 nitrogen and oxygen atoms in total. The number of benzene rings is 2. The molecule has 170 valence electrons. The zero-order valence-corrected chi connectivity index (χ0v) is 21.3. The van der Waals surface area contributed by atoms with Crippen LogP contribution in [0.15, 0.2) is 58.3 Å². The Labute approximate surface area is 205 Å². The summed E-state index contributed by atoms with van der Waals surface area (Å²) in [6.07, 6.45) is 1.83. The normalized spacial score (nSPS) is 11.1. The molecule has 0 bridgehead atoms. The van der Waals surface area contributed by atoms with Gasteiger partial charge in [0.2, 0.25) is 0 Å². The van der Waals surface area contributed by atoms with Gasteiger partial charge in [0.05, 0.1) is 29.3 Å². The smallest absolute Gasteiger partial charge is 0.340 e. The number of fused-ring (bicyclic) bond motifs is 1. The fourth-order valence-corrected chi connectivity index (χ4v) is 5.01. The molecular formula is C25H24BrN3O3S. The molecule has 2 heterocycles. The maximum absolute atomic E-state index is 13.2. The van der Waals surface area contributed by atoms with Gasteiger partial charge in [-0.15, -0.1) is 0 Å². The fraction of sp³-hybridized carbons (Fsp3) is 0.240. The zero-order valence-electron chi connectivity index (χ0n) is 18.9. The summed E-state index contributed by atoms with van der Waals surface area (Å²) in [6, 6.07) is 13.8. The average Bonchev–Trinajstić information content (AvgIpc) is 3.12. The number of hydrogen-bond acceptors (Lipinski definition) is 6. The van der Waals surface area contributed by atoms with E-state index in [1.807, 2.05) is 69.4 Å². The highest BCUT2D eigenvalue weighted by Gasteiger charge is 2.26. The molecule has 0 saturated carbocycles. The third-order valence-electron chi connectivity index (χ3n) is 5.37. The van der Waals surface area contributed by atoms with Gasteiger partial charge in [0.25, 0.3) is 0 Å². The van der Waals surface area contributed by atoms with E-state index in [1.54, 1.807) is 7.11 Å². The summed E-state index contributed by atoms with van der Waals surface area (Å²) >= 11 is 5.09. The van der Waals surface area contributed by atoms with Crippen LogP contribution in [0.2, 0.25) is 0 Å². The van der Waals surface area contributed by atoms with Crippen molar-refractivity contribution in [2.75, 3.05) is 13.7 Å². The van der Waals surface area contributed by atoms with Crippen LogP contribution in [0.3, 0.4) is 0 Å². The van der Waals surface area contributed by atoms with E-state index in [0.717, 1.165) is 38.0 Å². The summed E-state index contributed by atoms with van der Waals surface area (Å²) in [5.74, 6) is 0.772. The summed E-state index contributed by atoms with van der Waals surface area (Å²) in [4.78, 5) is 22.2. The van der Waals surface area contributed by atoms with Crippen LogP contribution in [0.4, 0.5) is 0 Å². The number of ether oxygens (including phenoxy) is 2. The number of carbonyl (C=O) groups excluding carboxylic acids is 1. The second-order valence-corrected chi connectivity index (χ2v) is 9.22. The van der Waals surface area contributed by atoms with Gasteiger partial charge < -0.3 is 14.0 Å². The first-order valence-electron chi connectivity index (χ1n) is 10.5. The number of thioether (sulfide) groups is 1. The predicted molar refractivity (Wildman–Crippen MR) is 135 cm³/mol. The Hall–Kier alpha value is -2.84. The quantitative estimate of drug-likeness (QED) is 0.161. The van der Waals surface area contributed by atoms with Crippen molar-refractivity contribution in [1.29, 1.82) is 0 Å². The second-order valence-electron chi connectivity index (χ2n) is 7.43. The number of rotatable bonds is 7. The number of para-hydroxylation sites is 1. The molecule has 0 aliphatic carbocycles. The van der Waals surface area contributed by atoms with E-state index in [2.05, 4.69) is 30.5 Å². The van der Waals surface area contributed by atoms with Gasteiger partial charge in [-0.05, 0) is 66.5 Å². The standard InChI is InChI=1S/C25H24BrN3O3S/c1-5-32-24(30)23-18-11-22(31-4)19(26)12-20(18)29(17-9-7-6-8-10-17)21(23)14-33-25-27-13-15(2)16(3)28-25/h6-13H,5,14H2,1-4H3. The van der Waals surface area contributed by atoms with Crippen LogP contribution in [0.1, 0.15) is 34.2 Å². The van der Waals surface area contributed by atoms with E-state index in [1.165, 1.54) is 11.8 Å². The molecule has 0 fully saturated rings. The maximum atomic E-state index is 13.2. The van der Waals surface area contributed by atoms with Crippen molar-refractivity contribution in [2.24, 2.45) is 0 Å². The minimum atomic E-state index is -0.363. The number of halogens is 1. The molecule has 0 radical (unpaired) electrons. The second kappa shape index (κ2) is 9.97. The lowest BCUT2D eigenvalue weighted by molar-refractivity contribution is 0.0527. The molecule has 2 aromatic carbocycles. The van der Waals surface area contributed by atoms with Gasteiger partial charge in [-0.2, -0.15) is 0 Å². The number of esters is 1. The molecular weight excluding hydrogens is 502 g/mol. The van der Waals surface area contributed by atoms with Crippen LogP contribution in [-0.4, -0.2) is 34.2 Å². The molecule has 0 amide bonds. The zero-order chi connectivity index (χ0) is 23.5. The summed E-state index contributed by atoms with van der Waals surface area (Å²) < 4.78 is 13.9. The van der Waals surface area contributed by atoms with Crippen molar-refractivity contribution >= 4 is 44.6 Å². The SMILES string of the molecule is CCOC(=O)c1c(CSc2ncc(C)c(C)n2)n(-c2ccccc2)c2cc(Br)c(OC)cc12. The van der Waals surface area contributed by atoms with Gasteiger partial charge in [0, 0.05) is 34.4 Å². The number of methoxy groups -OCH3 is 1. The van der Waals surface area contributed by atoms with Gasteiger partial charge in [-0.3, -0.25) is 0 Å². The van der Waals surface area contributed by atoms with Crippen molar-refractivity contribution in [3.05, 3.63) is 75.6 Å². The predicted octanol–water partition coefficient (Wildman–Crippen LogP) is 6.28. The molecule has 0 saturated heterocycles. The highest BCUT2D eigenvalue weighted by molar-refractivity contribution is 9.10. The van der Waals surface area contributed by atoms with E-state index in [-0.39, 0.29) is 12.6 Å². The number of carbonyl (C=O) groups is 1. The average molecular weight is 526 g/mol. The Bertz CT molecular complexity index is 1320. The first kappa shape index (κ1) is 23.3. The minimum Gasteiger partial charge on any atom is -0.496 e. The molecule has 33 heavy (non-hydrogen) atoms. The van der Waals surface area contributed by atoms with Crippen molar-refractivity contribution in [1.82, 2.24) is 14.5 Å². The number of hydrogen-bond donors (Lipinski definition) is 0. The van der Waals surface area contributed by atoms with Gasteiger partial charge in [0.15, 0.2) is 5.16 Å². The van der Waals surface area contributed by atoms with Crippen molar-refractivity contribution in [3.8, 4) is 11.4 Å². The number of nitrogens with zero attached hydrogens (tertiary/aromatic N) is 3. The first-order valence-corrected chi connectivity index (χ1v) is 12.3. The Morgan fingerprint density at radius 3 is 2.61 bits per heavy atom. The third kappa shape index (κ3) is 4.63. The molecule has 8 heteroatoms. The summed E-state index contributed by atoms with van der Waals surface area (Å²) in [5, 5.41) is 1.44. The Balaban J connectivity index is 1.95. The summed E-state index contributed by atoms with van der Waals surface area (Å²) in [7, 11) is 1.61. The lowest BCUT2D eigenvalue weighted by Gasteiger charge is -2.12. The van der Waals surface area contributed by atoms with Gasteiger partial charge in [-0.1, -0.05) is 30.0 Å². The highest BCUT2D eigenvalue weighted by Crippen LogP contribution is 2.39. The molecule has 4 aromatic rings. The molecule has 0 spiro atoms. The Morgan fingerprint density at radius 1 is 1.18 bits per heavy atom. The molecule has 0 aliphatic rings. The van der Waals surface area contributed by atoms with Crippen molar-refractivity contribution < 1.29 is 14.3 Å². The van der Waals surface area contributed by atoms with Gasteiger partial charge in [0.1, 0.15) is 5.75 Å². The lowest BCUT2D eigenvalue weighted by Crippen LogP contribution is -2.09. The first-order chi connectivity index (χ1) is 15.9. The summed E-state index contributed by atoms with van der Waals surface area (Å²) in [5.41, 5.74) is 5.16. The monoisotopic (exact) mass is 525 g/mol. The van der Waals surface area contributed by atoms with Crippen molar-refractivity contribution in [3.63, 3.8) is 0 Å². The fourth-order valence-electron chi connectivity index (χ4n) is 3.65. The topological polar surface area (TPSA) is 66.2 Å². The van der Waals surface area contributed by atoms with Crippen LogP contribution in [-0.2, 0) is 10.5 Å². The van der Waals surface area contributed by atoms with Gasteiger partial charge >= 0.3 is 5.97 Å². The molecule has 0 unspecified atom stereocenters. The molecule has 0 aliphatic heterocycles. The molecule has 0 N–H and O–H groups in total. The van der Waals surface area contributed by atoms with E-state index in [4.69, 9.17) is 9.47 Å². The van der Waals surface area contributed by atoms with E-state index < -0.39 is 0 Å². The van der Waals surface area contributed by atoms with Crippen molar-refractivity contribution in [2.45, 2.75) is 31.7 Å². The van der Waals surface area contributed by atoms with Crippen LogP contribution in [0.25, 0.3) is 16.6 Å². The van der Waals surface area contributed by atoms with Crippen LogP contribution in [0, 0.1) is 13.8 Å². The number of aromatic nitrogens is 3. The van der Waals surface area contributed by atoms with E-state index in [9.17, 15) is 4.79 Å². The largest absolute Gasteiger partial charge is 0.496 e. The van der Waals surface area contributed by atoms with Crippen LogP contribution >= 0.6 is 27.7 Å². The Kier molecular flexibility index (Phi) is 7.05. The lowest BCUT2D eigenvalue weighted by atomic mass is 10.1. The minimum absolute atomic E-state index is 0.289. The summed E-state index contributed by atoms with van der Waals surface area (Å²) in [6.45, 7) is 6.05. The van der Waals surface area contributed by atoms with E-state index >= 15 is 0 Å². The Morgan fingerprint density at radius 2 is 1.94 bits per heavy atom. The van der Waals surface area contributed by atoms with Crippen LogP contribution < -0.4 is 4.74 Å². The molecule has 4 rings (SSSR count). The molecule has 2 aromatic heterocycles. The maximum Gasteiger partial charge on any atom is 0.340 e. The number of aryl methyl sites for hydroxylation is 2. The third-order valence-corrected chi connectivity index (χ3v) is 6.87. The van der Waals surface area contributed by atoms with Crippen LogP contribution in [0.5, 0.6) is 5.75 Å².